The van der Waals surface area contributed by atoms with Crippen molar-refractivity contribution in [2.24, 2.45) is 0 Å². The Morgan fingerprint density at radius 2 is 1.46 bits per heavy atom. The van der Waals surface area contributed by atoms with Gasteiger partial charge in [0, 0.05) is 77.7 Å². The number of benzene rings is 2. The first-order valence-electron chi connectivity index (χ1n) is 13.6. The fraction of sp³-hybridized carbons (Fsp3) is 0.267. The zero-order valence-electron chi connectivity index (χ0n) is 22.4. The topological polar surface area (TPSA) is 105 Å². The van der Waals surface area contributed by atoms with Crippen LogP contribution in [0.15, 0.2) is 73.1 Å². The number of nitrogens with zero attached hydrogens (tertiary/aromatic N) is 5. The lowest BCUT2D eigenvalue weighted by Gasteiger charge is -2.31. The van der Waals surface area contributed by atoms with Crippen LogP contribution < -0.4 is 20.4 Å². The van der Waals surface area contributed by atoms with Crippen molar-refractivity contribution < 1.29 is 14.3 Å². The summed E-state index contributed by atoms with van der Waals surface area (Å²) < 4.78 is 11.1. The molecule has 2 saturated heterocycles. The Balaban J connectivity index is 1.17. The number of anilines is 4. The molecule has 2 aliphatic rings. The van der Waals surface area contributed by atoms with Crippen molar-refractivity contribution in [2.45, 2.75) is 0 Å². The van der Waals surface area contributed by atoms with E-state index < -0.39 is 0 Å². The summed E-state index contributed by atoms with van der Waals surface area (Å²) in [7, 11) is 0. The first-order valence-corrected chi connectivity index (χ1v) is 13.9. The maximum atomic E-state index is 12.8. The molecule has 0 atom stereocenters. The first kappa shape index (κ1) is 26.9. The summed E-state index contributed by atoms with van der Waals surface area (Å²) >= 11 is 6.39. The van der Waals surface area contributed by atoms with Crippen molar-refractivity contribution in [3.05, 3.63) is 78.1 Å². The minimum atomic E-state index is -0.358. The molecule has 2 aromatic heterocycles. The predicted octanol–water partition coefficient (Wildman–Crippen LogP) is 5.18. The Hall–Kier alpha value is -4.25. The van der Waals surface area contributed by atoms with Gasteiger partial charge in [0.25, 0.3) is 0 Å². The molecule has 10 nitrogen and oxygen atoms in total. The normalized spacial score (nSPS) is 15.4. The minimum Gasteiger partial charge on any atom is -0.378 e. The molecule has 0 saturated carbocycles. The van der Waals surface area contributed by atoms with Gasteiger partial charge in [-0.15, -0.1) is 0 Å². The second-order valence-electron chi connectivity index (χ2n) is 9.70. The van der Waals surface area contributed by atoms with E-state index >= 15 is 0 Å². The Morgan fingerprint density at radius 1 is 0.780 bits per heavy atom. The number of morpholine rings is 2. The number of carbonyl (C=O) groups excluding carboxylic acids is 1. The van der Waals surface area contributed by atoms with E-state index in [1.807, 2.05) is 48.5 Å². The monoisotopic (exact) mass is 571 g/mol. The highest BCUT2D eigenvalue weighted by Crippen LogP contribution is 2.30. The van der Waals surface area contributed by atoms with E-state index in [9.17, 15) is 4.79 Å². The third-order valence-corrected chi connectivity index (χ3v) is 7.29. The number of rotatable bonds is 6. The number of hydrogen-bond donors (Lipinski definition) is 2. The number of urea groups is 1. The average Bonchev–Trinajstić information content (AvgIpc) is 3.03. The van der Waals surface area contributed by atoms with Crippen LogP contribution in [-0.4, -0.2) is 73.6 Å². The van der Waals surface area contributed by atoms with Crippen molar-refractivity contribution in [3.63, 3.8) is 0 Å². The van der Waals surface area contributed by atoms with Gasteiger partial charge in [0.1, 0.15) is 5.82 Å². The Kier molecular flexibility index (Phi) is 8.22. The van der Waals surface area contributed by atoms with Crippen molar-refractivity contribution in [2.75, 3.05) is 73.0 Å². The highest BCUT2D eigenvalue weighted by molar-refractivity contribution is 6.33. The summed E-state index contributed by atoms with van der Waals surface area (Å²) in [6.07, 6.45) is 3.44. The fourth-order valence-corrected chi connectivity index (χ4v) is 5.02. The molecule has 6 rings (SSSR count). The number of amides is 2. The van der Waals surface area contributed by atoms with Crippen LogP contribution in [0.2, 0.25) is 5.02 Å². The second-order valence-corrected chi connectivity index (χ2v) is 10.1. The van der Waals surface area contributed by atoms with E-state index in [2.05, 4.69) is 25.4 Å². The van der Waals surface area contributed by atoms with Crippen LogP contribution in [0.25, 0.3) is 22.4 Å². The number of pyridine rings is 1. The molecule has 4 heterocycles. The summed E-state index contributed by atoms with van der Waals surface area (Å²) in [5.74, 6) is 1.58. The Bertz CT molecular complexity index is 1460. The molecule has 0 aliphatic carbocycles. The third-order valence-electron chi connectivity index (χ3n) is 6.97. The summed E-state index contributed by atoms with van der Waals surface area (Å²) in [6.45, 7) is 5.74. The van der Waals surface area contributed by atoms with Crippen molar-refractivity contribution in [1.82, 2.24) is 15.0 Å². The lowest BCUT2D eigenvalue weighted by Crippen LogP contribution is -2.39. The predicted molar refractivity (Wildman–Crippen MR) is 161 cm³/mol. The molecule has 2 fully saturated rings. The van der Waals surface area contributed by atoms with Gasteiger partial charge in [0.2, 0.25) is 5.95 Å². The molecule has 0 bridgehead atoms. The van der Waals surface area contributed by atoms with Crippen LogP contribution >= 0.6 is 11.6 Å². The van der Waals surface area contributed by atoms with Crippen LogP contribution in [0.3, 0.4) is 0 Å². The summed E-state index contributed by atoms with van der Waals surface area (Å²) in [6, 6.07) is 18.4. The SMILES string of the molecule is O=C(Nc1ccc(-c2cc(N3CCOCC3)nc(N3CCOCC3)n2)cc1)Nc1ccc(Cl)c(-c2cccnc2)c1. The van der Waals surface area contributed by atoms with Gasteiger partial charge in [0.15, 0.2) is 0 Å². The number of halogens is 1. The Morgan fingerprint density at radius 3 is 2.17 bits per heavy atom. The van der Waals surface area contributed by atoms with E-state index in [-0.39, 0.29) is 6.03 Å². The summed E-state index contributed by atoms with van der Waals surface area (Å²) in [5, 5.41) is 6.36. The first-order chi connectivity index (χ1) is 20.1. The van der Waals surface area contributed by atoms with E-state index in [1.54, 1.807) is 24.5 Å². The molecular formula is C30H30ClN7O3. The molecule has 2 amide bonds. The molecular weight excluding hydrogens is 542 g/mol. The van der Waals surface area contributed by atoms with Crippen molar-refractivity contribution in [1.29, 1.82) is 0 Å². The summed E-state index contributed by atoms with van der Waals surface area (Å²) in [4.78, 5) is 31.1. The van der Waals surface area contributed by atoms with Crippen LogP contribution in [0.1, 0.15) is 0 Å². The van der Waals surface area contributed by atoms with Crippen molar-refractivity contribution in [3.8, 4) is 22.4 Å². The third kappa shape index (κ3) is 6.57. The lowest BCUT2D eigenvalue weighted by molar-refractivity contribution is 0.121. The van der Waals surface area contributed by atoms with Gasteiger partial charge >= 0.3 is 6.03 Å². The largest absolute Gasteiger partial charge is 0.378 e. The summed E-state index contributed by atoms with van der Waals surface area (Å²) in [5.41, 5.74) is 4.69. The minimum absolute atomic E-state index is 0.358. The average molecular weight is 572 g/mol. The number of aromatic nitrogens is 3. The number of nitrogens with one attached hydrogen (secondary N) is 2. The van der Waals surface area contributed by atoms with Gasteiger partial charge in [-0.3, -0.25) is 4.98 Å². The van der Waals surface area contributed by atoms with E-state index in [4.69, 9.17) is 31.0 Å². The van der Waals surface area contributed by atoms with Crippen LogP contribution in [0, 0.1) is 0 Å². The van der Waals surface area contributed by atoms with Gasteiger partial charge in [-0.1, -0.05) is 29.8 Å². The molecule has 4 aromatic rings. The number of ether oxygens (including phenoxy) is 2. The molecule has 2 aliphatic heterocycles. The molecule has 11 heteroatoms. The molecule has 0 spiro atoms. The van der Waals surface area contributed by atoms with Crippen molar-refractivity contribution >= 4 is 40.8 Å². The standard InChI is InChI=1S/C30H30ClN7O3/c31-26-8-7-24(18-25(26)22-2-1-9-32-20-22)34-30(39)33-23-5-3-21(4-6-23)27-19-28(37-10-14-40-15-11-37)36-29(35-27)38-12-16-41-17-13-38/h1-9,18-20H,10-17H2,(H2,33,34,39). The zero-order valence-corrected chi connectivity index (χ0v) is 23.2. The molecule has 210 valence electrons. The fourth-order valence-electron chi connectivity index (χ4n) is 4.79. The smallest absolute Gasteiger partial charge is 0.323 e. The van der Waals surface area contributed by atoms with E-state index in [1.165, 1.54) is 0 Å². The zero-order chi connectivity index (χ0) is 28.0. The maximum Gasteiger partial charge on any atom is 0.323 e. The highest BCUT2D eigenvalue weighted by Gasteiger charge is 2.20. The number of carbonyl (C=O) groups is 1. The van der Waals surface area contributed by atoms with Crippen LogP contribution in [-0.2, 0) is 9.47 Å². The molecule has 2 aromatic carbocycles. The molecule has 0 unspecified atom stereocenters. The van der Waals surface area contributed by atoms with Gasteiger partial charge in [0.05, 0.1) is 32.1 Å². The second kappa shape index (κ2) is 12.5. The maximum absolute atomic E-state index is 12.8. The highest BCUT2D eigenvalue weighted by atomic mass is 35.5. The van der Waals surface area contributed by atoms with Gasteiger partial charge < -0.3 is 29.9 Å². The van der Waals surface area contributed by atoms with E-state index in [0.717, 1.165) is 54.4 Å². The van der Waals surface area contributed by atoms with Crippen LogP contribution in [0.4, 0.5) is 27.9 Å². The van der Waals surface area contributed by atoms with Gasteiger partial charge in [-0.05, 0) is 36.4 Å². The lowest BCUT2D eigenvalue weighted by atomic mass is 10.1. The molecule has 0 radical (unpaired) electrons. The van der Waals surface area contributed by atoms with Gasteiger partial charge in [-0.25, -0.2) is 9.78 Å². The quantitative estimate of drug-likeness (QED) is 0.326. The molecule has 41 heavy (non-hydrogen) atoms. The van der Waals surface area contributed by atoms with E-state index in [0.29, 0.717) is 48.8 Å². The number of hydrogen-bond acceptors (Lipinski definition) is 8. The van der Waals surface area contributed by atoms with Crippen LogP contribution in [0.5, 0.6) is 0 Å². The molecule has 2 N–H and O–H groups in total. The van der Waals surface area contributed by atoms with Gasteiger partial charge in [-0.2, -0.15) is 4.98 Å². The Labute approximate surface area is 243 Å².